The van der Waals surface area contributed by atoms with E-state index in [4.69, 9.17) is 14.2 Å². The first-order valence-electron chi connectivity index (χ1n) is 5.91. The Morgan fingerprint density at radius 3 is 2.17 bits per heavy atom. The molecule has 1 fully saturated rings. The van der Waals surface area contributed by atoms with Gasteiger partial charge in [-0.25, -0.2) is 4.79 Å². The van der Waals surface area contributed by atoms with E-state index in [0.717, 1.165) is 0 Å². The molecule has 0 aromatic carbocycles. The molecule has 0 aliphatic carbocycles. The Hall–Kier alpha value is -1.30. The summed E-state index contributed by atoms with van der Waals surface area (Å²) in [4.78, 5) is 24.3. The largest absolute Gasteiger partial charge is 0.458 e. The number of ether oxygens (including phenoxy) is 3. The second-order valence-electron chi connectivity index (χ2n) is 5.31. The van der Waals surface area contributed by atoms with E-state index in [1.165, 1.54) is 18.9 Å². The van der Waals surface area contributed by atoms with Crippen molar-refractivity contribution in [3.8, 4) is 0 Å². The van der Waals surface area contributed by atoms with Gasteiger partial charge in [0.15, 0.2) is 0 Å². The number of methoxy groups -OCH3 is 1. The van der Waals surface area contributed by atoms with E-state index < -0.39 is 17.8 Å². The highest BCUT2D eigenvalue weighted by atomic mass is 16.6. The molecule has 18 heavy (non-hydrogen) atoms. The highest BCUT2D eigenvalue weighted by Crippen LogP contribution is 2.19. The summed E-state index contributed by atoms with van der Waals surface area (Å²) < 4.78 is 15.6. The summed E-state index contributed by atoms with van der Waals surface area (Å²) in [5.41, 5.74) is -0.542. The van der Waals surface area contributed by atoms with Crippen molar-refractivity contribution in [3.63, 3.8) is 0 Å². The summed E-state index contributed by atoms with van der Waals surface area (Å²) in [6, 6.07) is 0. The molecule has 6 nitrogen and oxygen atoms in total. The molecular weight excluding hydrogens is 238 g/mol. The van der Waals surface area contributed by atoms with Gasteiger partial charge in [-0.2, -0.15) is 0 Å². The van der Waals surface area contributed by atoms with Crippen molar-refractivity contribution in [3.05, 3.63) is 0 Å². The number of esters is 1. The molecule has 0 aromatic rings. The number of hydrogen-bond donors (Lipinski definition) is 0. The van der Waals surface area contributed by atoms with E-state index in [1.807, 2.05) is 0 Å². The first-order chi connectivity index (χ1) is 8.23. The van der Waals surface area contributed by atoms with E-state index in [9.17, 15) is 9.59 Å². The van der Waals surface area contributed by atoms with Gasteiger partial charge in [-0.05, 0) is 20.8 Å². The van der Waals surface area contributed by atoms with E-state index in [1.54, 1.807) is 20.8 Å². The number of amides is 1. The molecule has 0 spiro atoms. The highest BCUT2D eigenvalue weighted by molar-refractivity contribution is 5.69. The molecule has 0 bridgehead atoms. The number of likely N-dealkylation sites (tertiary alicyclic amines) is 1. The van der Waals surface area contributed by atoms with E-state index in [0.29, 0.717) is 13.1 Å². The van der Waals surface area contributed by atoms with Crippen LogP contribution in [0.15, 0.2) is 0 Å². The van der Waals surface area contributed by atoms with Crippen LogP contribution in [0, 0.1) is 0 Å². The summed E-state index contributed by atoms with van der Waals surface area (Å²) >= 11 is 0. The van der Waals surface area contributed by atoms with Crippen LogP contribution in [0.25, 0.3) is 0 Å². The summed E-state index contributed by atoms with van der Waals surface area (Å²) in [7, 11) is 1.53. The third kappa shape index (κ3) is 4.18. The van der Waals surface area contributed by atoms with Gasteiger partial charge in [0.05, 0.1) is 13.1 Å². The maximum Gasteiger partial charge on any atom is 0.410 e. The lowest BCUT2D eigenvalue weighted by Crippen LogP contribution is -2.36. The van der Waals surface area contributed by atoms with Crippen LogP contribution in [0.1, 0.15) is 27.7 Å². The Kier molecular flexibility index (Phi) is 4.56. The molecule has 2 atom stereocenters. The van der Waals surface area contributed by atoms with Crippen LogP contribution in [0.5, 0.6) is 0 Å². The van der Waals surface area contributed by atoms with Crippen LogP contribution in [-0.2, 0) is 19.0 Å². The zero-order valence-electron chi connectivity index (χ0n) is 11.6. The molecule has 0 N–H and O–H groups in total. The van der Waals surface area contributed by atoms with Crippen molar-refractivity contribution < 1.29 is 23.8 Å². The van der Waals surface area contributed by atoms with Crippen molar-refractivity contribution in [2.45, 2.75) is 45.5 Å². The van der Waals surface area contributed by atoms with Gasteiger partial charge in [0.2, 0.25) is 0 Å². The van der Waals surface area contributed by atoms with Gasteiger partial charge in [0.1, 0.15) is 17.8 Å². The van der Waals surface area contributed by atoms with Gasteiger partial charge < -0.3 is 19.1 Å². The van der Waals surface area contributed by atoms with Gasteiger partial charge in [0.25, 0.3) is 0 Å². The molecule has 104 valence electrons. The minimum atomic E-state index is -0.542. The third-order valence-corrected chi connectivity index (χ3v) is 2.49. The lowest BCUT2D eigenvalue weighted by molar-refractivity contribution is -0.150. The van der Waals surface area contributed by atoms with Gasteiger partial charge in [-0.3, -0.25) is 4.79 Å². The van der Waals surface area contributed by atoms with E-state index >= 15 is 0 Å². The topological polar surface area (TPSA) is 65.1 Å². The quantitative estimate of drug-likeness (QED) is 0.697. The van der Waals surface area contributed by atoms with Crippen LogP contribution in [0.3, 0.4) is 0 Å². The standard InChI is InChI=1S/C12H21NO5/c1-8(14)17-10-7-13(6-9(10)16-5)11(15)18-12(2,3)4/h9-10H,6-7H2,1-5H3/t9-,10+/m0/s1. The average Bonchev–Trinajstić information content (AvgIpc) is 2.57. The first-order valence-corrected chi connectivity index (χ1v) is 5.91. The summed E-state index contributed by atoms with van der Waals surface area (Å²) in [6.45, 7) is 7.41. The minimum absolute atomic E-state index is 0.299. The molecule has 6 heteroatoms. The lowest BCUT2D eigenvalue weighted by Gasteiger charge is -2.24. The number of rotatable bonds is 2. The molecule has 1 saturated heterocycles. The fourth-order valence-electron chi connectivity index (χ4n) is 1.77. The van der Waals surface area contributed by atoms with Crippen molar-refractivity contribution in [1.82, 2.24) is 4.90 Å². The molecule has 0 unspecified atom stereocenters. The maximum absolute atomic E-state index is 11.9. The lowest BCUT2D eigenvalue weighted by atomic mass is 10.2. The Bertz CT molecular complexity index is 323. The molecular formula is C12H21NO5. The second kappa shape index (κ2) is 5.56. The second-order valence-corrected chi connectivity index (χ2v) is 5.31. The normalized spacial score (nSPS) is 23.9. The summed E-state index contributed by atoms with van der Waals surface area (Å²) in [5, 5.41) is 0. The minimum Gasteiger partial charge on any atom is -0.458 e. The van der Waals surface area contributed by atoms with E-state index in [-0.39, 0.29) is 12.1 Å². The summed E-state index contributed by atoms with van der Waals surface area (Å²) in [6.07, 6.45) is -1.15. The molecule has 1 amide bonds. The Labute approximate surface area is 107 Å². The van der Waals surface area contributed by atoms with Gasteiger partial charge in [0, 0.05) is 14.0 Å². The Morgan fingerprint density at radius 1 is 1.17 bits per heavy atom. The molecule has 1 aliphatic heterocycles. The monoisotopic (exact) mass is 259 g/mol. The van der Waals surface area contributed by atoms with Crippen molar-refractivity contribution in [2.75, 3.05) is 20.2 Å². The maximum atomic E-state index is 11.9. The predicted octanol–water partition coefficient (Wildman–Crippen LogP) is 1.18. The number of carbonyl (C=O) groups excluding carboxylic acids is 2. The SMILES string of the molecule is CO[C@H]1CN(C(=O)OC(C)(C)C)C[C@H]1OC(C)=O. The zero-order chi connectivity index (χ0) is 13.9. The average molecular weight is 259 g/mol. The van der Waals surface area contributed by atoms with E-state index in [2.05, 4.69) is 0 Å². The van der Waals surface area contributed by atoms with Crippen molar-refractivity contribution in [2.24, 2.45) is 0 Å². The van der Waals surface area contributed by atoms with Crippen LogP contribution >= 0.6 is 0 Å². The Balaban J connectivity index is 2.60. The first kappa shape index (κ1) is 14.8. The van der Waals surface area contributed by atoms with Crippen LogP contribution in [-0.4, -0.2) is 55.0 Å². The predicted molar refractivity (Wildman–Crippen MR) is 64.2 cm³/mol. The molecule has 0 saturated carbocycles. The smallest absolute Gasteiger partial charge is 0.410 e. The van der Waals surface area contributed by atoms with Crippen molar-refractivity contribution >= 4 is 12.1 Å². The van der Waals surface area contributed by atoms with Gasteiger partial charge >= 0.3 is 12.1 Å². The zero-order valence-corrected chi connectivity index (χ0v) is 11.6. The fraction of sp³-hybridized carbons (Fsp3) is 0.833. The van der Waals surface area contributed by atoms with Gasteiger partial charge in [-0.15, -0.1) is 0 Å². The third-order valence-electron chi connectivity index (χ3n) is 2.49. The molecule has 1 heterocycles. The fourth-order valence-corrected chi connectivity index (χ4v) is 1.77. The van der Waals surface area contributed by atoms with Crippen LogP contribution in [0.4, 0.5) is 4.79 Å². The highest BCUT2D eigenvalue weighted by Gasteiger charge is 2.39. The molecule has 0 radical (unpaired) electrons. The molecule has 1 rings (SSSR count). The number of hydrogen-bond acceptors (Lipinski definition) is 5. The van der Waals surface area contributed by atoms with Crippen LogP contribution < -0.4 is 0 Å². The summed E-state index contributed by atoms with van der Waals surface area (Å²) in [5.74, 6) is -0.381. The van der Waals surface area contributed by atoms with Gasteiger partial charge in [-0.1, -0.05) is 0 Å². The Morgan fingerprint density at radius 2 is 1.72 bits per heavy atom. The van der Waals surface area contributed by atoms with Crippen molar-refractivity contribution in [1.29, 1.82) is 0 Å². The number of nitrogens with zero attached hydrogens (tertiary/aromatic N) is 1. The molecule has 1 aliphatic rings. The molecule has 0 aromatic heterocycles. The number of carbonyl (C=O) groups is 2. The van der Waals surface area contributed by atoms with Crippen LogP contribution in [0.2, 0.25) is 0 Å².